The van der Waals surface area contributed by atoms with Gasteiger partial charge in [-0.25, -0.2) is 0 Å². The Balaban J connectivity index is 2.16. The zero-order valence-corrected chi connectivity index (χ0v) is 10.1. The van der Waals surface area contributed by atoms with E-state index < -0.39 is 0 Å². The number of hydrogen-bond acceptors (Lipinski definition) is 4. The Bertz CT molecular complexity index is 359. The van der Waals surface area contributed by atoms with Crippen LogP contribution < -0.4 is 16.2 Å². The highest BCUT2D eigenvalue weighted by Crippen LogP contribution is 2.37. The molecule has 0 bridgehead atoms. The highest BCUT2D eigenvalue weighted by atomic mass is 32.2. The normalized spacial score (nSPS) is 23.6. The minimum atomic E-state index is -0.239. The molecule has 0 amide bonds. The van der Waals surface area contributed by atoms with E-state index >= 15 is 0 Å². The summed E-state index contributed by atoms with van der Waals surface area (Å²) in [4.78, 5) is 0. The van der Waals surface area contributed by atoms with Crippen LogP contribution in [0.1, 0.15) is 18.4 Å². The molecule has 0 saturated heterocycles. The Morgan fingerprint density at radius 2 is 2.19 bits per heavy atom. The minimum Gasteiger partial charge on any atom is -0.493 e. The fraction of sp³-hybridized carbons (Fsp3) is 0.500. The Hall–Kier alpha value is -0.710. The summed E-state index contributed by atoms with van der Waals surface area (Å²) in [5.41, 5.74) is 12.9. The predicted molar refractivity (Wildman–Crippen MR) is 68.5 cm³/mol. The molecule has 2 rings (SSSR count). The van der Waals surface area contributed by atoms with Gasteiger partial charge in [0, 0.05) is 23.4 Å². The molecule has 16 heavy (non-hydrogen) atoms. The highest BCUT2D eigenvalue weighted by molar-refractivity contribution is 7.99. The van der Waals surface area contributed by atoms with Crippen molar-refractivity contribution in [1.82, 2.24) is 0 Å². The molecule has 3 nitrogen and oxygen atoms in total. The summed E-state index contributed by atoms with van der Waals surface area (Å²) in [6.45, 7) is 0.709. The van der Waals surface area contributed by atoms with Gasteiger partial charge < -0.3 is 16.2 Å². The number of para-hydroxylation sites is 1. The van der Waals surface area contributed by atoms with E-state index in [0.29, 0.717) is 12.5 Å². The van der Waals surface area contributed by atoms with E-state index in [-0.39, 0.29) is 5.54 Å². The quantitative estimate of drug-likeness (QED) is 0.618. The molecule has 0 radical (unpaired) electrons. The van der Waals surface area contributed by atoms with Crippen molar-refractivity contribution < 1.29 is 4.74 Å². The molecule has 0 saturated carbocycles. The van der Waals surface area contributed by atoms with Gasteiger partial charge in [0.05, 0.1) is 6.61 Å². The first-order chi connectivity index (χ1) is 7.76. The van der Waals surface area contributed by atoms with E-state index in [1.807, 2.05) is 18.2 Å². The largest absolute Gasteiger partial charge is 0.493 e. The van der Waals surface area contributed by atoms with Gasteiger partial charge in [0.2, 0.25) is 0 Å². The number of nitrogens with two attached hydrogens (primary N) is 2. The summed E-state index contributed by atoms with van der Waals surface area (Å²) in [5.74, 6) is 2.60. The molecular weight excluding hydrogens is 220 g/mol. The molecule has 1 aromatic carbocycles. The van der Waals surface area contributed by atoms with Gasteiger partial charge >= 0.3 is 0 Å². The Kier molecular flexibility index (Phi) is 3.74. The molecule has 1 aliphatic heterocycles. The first kappa shape index (κ1) is 11.8. The summed E-state index contributed by atoms with van der Waals surface area (Å²) in [7, 11) is 0. The third kappa shape index (κ3) is 2.34. The maximum Gasteiger partial charge on any atom is 0.124 e. The van der Waals surface area contributed by atoms with Crippen LogP contribution in [0.25, 0.3) is 0 Å². The summed E-state index contributed by atoms with van der Waals surface area (Å²) in [5, 5.41) is 0. The van der Waals surface area contributed by atoms with Gasteiger partial charge in [-0.05, 0) is 18.2 Å². The standard InChI is InChI=1S/C12H18N2OS/c13-9-16-8-6-12(14)5-7-15-11-4-2-1-3-10(11)12/h1-4H,5-9,13-14H2. The molecule has 88 valence electrons. The van der Waals surface area contributed by atoms with E-state index in [0.717, 1.165) is 29.9 Å². The summed E-state index contributed by atoms with van der Waals surface area (Å²) >= 11 is 1.73. The molecule has 1 heterocycles. The monoisotopic (exact) mass is 238 g/mol. The van der Waals surface area contributed by atoms with Crippen LogP contribution >= 0.6 is 11.8 Å². The van der Waals surface area contributed by atoms with E-state index in [1.54, 1.807) is 11.8 Å². The Morgan fingerprint density at radius 3 is 3.00 bits per heavy atom. The minimum absolute atomic E-state index is 0.239. The first-order valence-corrected chi connectivity index (χ1v) is 6.71. The van der Waals surface area contributed by atoms with Crippen molar-refractivity contribution in [2.75, 3.05) is 18.2 Å². The third-order valence-corrected chi connectivity index (χ3v) is 3.77. The van der Waals surface area contributed by atoms with Crippen LogP contribution in [0, 0.1) is 0 Å². The Morgan fingerprint density at radius 1 is 1.38 bits per heavy atom. The lowest BCUT2D eigenvalue weighted by Gasteiger charge is -2.35. The van der Waals surface area contributed by atoms with Crippen molar-refractivity contribution in [1.29, 1.82) is 0 Å². The smallest absolute Gasteiger partial charge is 0.124 e. The molecule has 0 fully saturated rings. The first-order valence-electron chi connectivity index (χ1n) is 5.55. The topological polar surface area (TPSA) is 61.3 Å². The SMILES string of the molecule is NCSCCC1(N)CCOc2ccccc21. The van der Waals surface area contributed by atoms with Crippen LogP contribution in [0.4, 0.5) is 0 Å². The highest BCUT2D eigenvalue weighted by Gasteiger charge is 2.32. The van der Waals surface area contributed by atoms with Crippen LogP contribution in [0.3, 0.4) is 0 Å². The fourth-order valence-corrected chi connectivity index (χ4v) is 2.75. The molecule has 1 aliphatic rings. The number of fused-ring (bicyclic) bond motifs is 1. The number of ether oxygens (including phenoxy) is 1. The molecule has 0 aromatic heterocycles. The van der Waals surface area contributed by atoms with E-state index in [1.165, 1.54) is 0 Å². The summed E-state index contributed by atoms with van der Waals surface area (Å²) in [6.07, 6.45) is 1.84. The molecule has 0 aliphatic carbocycles. The number of benzene rings is 1. The van der Waals surface area contributed by atoms with Gasteiger partial charge in [-0.1, -0.05) is 18.2 Å². The molecule has 0 spiro atoms. The number of hydrogen-bond donors (Lipinski definition) is 2. The van der Waals surface area contributed by atoms with Crippen LogP contribution in [-0.4, -0.2) is 18.2 Å². The van der Waals surface area contributed by atoms with Crippen molar-refractivity contribution in [3.05, 3.63) is 29.8 Å². The zero-order chi connectivity index (χ0) is 11.4. The van der Waals surface area contributed by atoms with E-state index in [4.69, 9.17) is 16.2 Å². The lowest BCUT2D eigenvalue weighted by molar-refractivity contribution is 0.213. The Labute approximate surface area is 101 Å². The van der Waals surface area contributed by atoms with Gasteiger partial charge in [0.15, 0.2) is 0 Å². The van der Waals surface area contributed by atoms with Crippen LogP contribution in [0.2, 0.25) is 0 Å². The lowest BCUT2D eigenvalue weighted by Crippen LogP contribution is -2.42. The van der Waals surface area contributed by atoms with Crippen molar-refractivity contribution in [2.24, 2.45) is 11.5 Å². The van der Waals surface area contributed by atoms with Crippen molar-refractivity contribution >= 4 is 11.8 Å². The van der Waals surface area contributed by atoms with Crippen LogP contribution in [0.15, 0.2) is 24.3 Å². The summed E-state index contributed by atoms with van der Waals surface area (Å²) in [6, 6.07) is 8.07. The van der Waals surface area contributed by atoms with Gasteiger partial charge in [0.1, 0.15) is 5.75 Å². The van der Waals surface area contributed by atoms with Crippen molar-refractivity contribution in [3.8, 4) is 5.75 Å². The van der Waals surface area contributed by atoms with Crippen molar-refractivity contribution in [3.63, 3.8) is 0 Å². The lowest BCUT2D eigenvalue weighted by atomic mass is 9.83. The number of rotatable bonds is 4. The molecule has 1 atom stereocenters. The van der Waals surface area contributed by atoms with Gasteiger partial charge in [-0.3, -0.25) is 0 Å². The van der Waals surface area contributed by atoms with E-state index in [2.05, 4.69) is 6.07 Å². The maximum absolute atomic E-state index is 6.48. The second kappa shape index (κ2) is 5.08. The third-order valence-electron chi connectivity index (χ3n) is 3.04. The molecule has 4 heteroatoms. The summed E-state index contributed by atoms with van der Waals surface area (Å²) < 4.78 is 5.61. The molecule has 4 N–H and O–H groups in total. The second-order valence-corrected chi connectivity index (χ2v) is 5.23. The maximum atomic E-state index is 6.48. The average Bonchev–Trinajstić information content (AvgIpc) is 2.30. The van der Waals surface area contributed by atoms with Gasteiger partial charge in [-0.2, -0.15) is 0 Å². The zero-order valence-electron chi connectivity index (χ0n) is 9.32. The number of thioether (sulfide) groups is 1. The van der Waals surface area contributed by atoms with E-state index in [9.17, 15) is 0 Å². The predicted octanol–water partition coefficient (Wildman–Crippen LogP) is 1.66. The van der Waals surface area contributed by atoms with Gasteiger partial charge in [-0.15, -0.1) is 11.8 Å². The molecular formula is C12H18N2OS. The fourth-order valence-electron chi connectivity index (χ4n) is 2.08. The molecule has 1 unspecified atom stereocenters. The molecule has 1 aromatic rings. The van der Waals surface area contributed by atoms with Crippen LogP contribution in [0.5, 0.6) is 5.75 Å². The van der Waals surface area contributed by atoms with Crippen LogP contribution in [-0.2, 0) is 5.54 Å². The van der Waals surface area contributed by atoms with Gasteiger partial charge in [0.25, 0.3) is 0 Å². The van der Waals surface area contributed by atoms with Crippen molar-refractivity contribution in [2.45, 2.75) is 18.4 Å². The average molecular weight is 238 g/mol. The second-order valence-electron chi connectivity index (χ2n) is 4.08.